The maximum Gasteiger partial charge on any atom is 0.251 e. The molecule has 5 N–H and O–H groups in total. The molecule has 0 saturated carbocycles. The lowest BCUT2D eigenvalue weighted by Gasteiger charge is -2.29. The Hall–Kier alpha value is -2.94. The summed E-state index contributed by atoms with van der Waals surface area (Å²) >= 11 is 0. The van der Waals surface area contributed by atoms with Gasteiger partial charge in [0.1, 0.15) is 12.1 Å². The van der Waals surface area contributed by atoms with Gasteiger partial charge in [0.25, 0.3) is 5.91 Å². The average Bonchev–Trinajstić information content (AvgIpc) is 3.37. The molecule has 2 aliphatic heterocycles. The Morgan fingerprint density at radius 3 is 2.26 bits per heavy atom. The number of nitrogen functional groups attached to an aromatic ring is 1. The van der Waals surface area contributed by atoms with Crippen LogP contribution in [0.2, 0.25) is 0 Å². The van der Waals surface area contributed by atoms with Crippen LogP contribution in [0.25, 0.3) is 0 Å². The molecule has 3 amide bonds. The monoisotopic (exact) mass is 485 g/mol. The zero-order valence-electron chi connectivity index (χ0n) is 21.2. The van der Waals surface area contributed by atoms with Gasteiger partial charge in [0.15, 0.2) is 5.78 Å². The third-order valence-electron chi connectivity index (χ3n) is 6.84. The highest BCUT2D eigenvalue weighted by molar-refractivity contribution is 6.01. The fraction of sp³-hybridized carbons (Fsp3) is 0.615. The van der Waals surface area contributed by atoms with E-state index in [1.54, 1.807) is 34.1 Å². The summed E-state index contributed by atoms with van der Waals surface area (Å²) in [7, 11) is 0. The van der Waals surface area contributed by atoms with E-state index in [0.717, 1.165) is 6.42 Å². The number of carbonyl (C=O) groups excluding carboxylic acids is 4. The summed E-state index contributed by atoms with van der Waals surface area (Å²) in [6, 6.07) is 4.01. The Labute approximate surface area is 207 Å². The standard InChI is InChI=1S/C26H39N5O4/c1-15(2)5-10-19(28)25(34)31-14-22(32)23-21(31)11-12-30(23)26(35)20(13-16(3)4)29-24(33)17-6-8-18(27)9-7-17/h6-9,15-16,19-21,23H,5,10-14,27-28H2,1-4H3,(H,29,33). The number of hydrogen-bond acceptors (Lipinski definition) is 6. The second-order valence-corrected chi connectivity index (χ2v) is 10.6. The van der Waals surface area contributed by atoms with E-state index in [-0.39, 0.29) is 42.0 Å². The van der Waals surface area contributed by atoms with E-state index in [1.165, 1.54) is 0 Å². The van der Waals surface area contributed by atoms with Gasteiger partial charge in [-0.05, 0) is 61.8 Å². The van der Waals surface area contributed by atoms with Crippen molar-refractivity contribution in [3.63, 3.8) is 0 Å². The third-order valence-corrected chi connectivity index (χ3v) is 6.84. The molecule has 0 aromatic heterocycles. The molecule has 0 spiro atoms. The number of nitrogens with two attached hydrogens (primary N) is 2. The molecule has 3 rings (SSSR count). The van der Waals surface area contributed by atoms with Crippen molar-refractivity contribution in [2.24, 2.45) is 17.6 Å². The Balaban J connectivity index is 1.72. The maximum absolute atomic E-state index is 13.6. The lowest BCUT2D eigenvalue weighted by atomic mass is 10.0. The maximum atomic E-state index is 13.6. The van der Waals surface area contributed by atoms with Crippen LogP contribution < -0.4 is 16.8 Å². The minimum Gasteiger partial charge on any atom is -0.399 e. The lowest BCUT2D eigenvalue weighted by molar-refractivity contribution is -0.138. The normalized spacial score (nSPS) is 21.4. The number of anilines is 1. The molecule has 2 aliphatic rings. The Morgan fingerprint density at radius 1 is 1.00 bits per heavy atom. The molecule has 2 heterocycles. The van der Waals surface area contributed by atoms with Crippen LogP contribution in [0.3, 0.4) is 0 Å². The number of fused-ring (bicyclic) bond motifs is 1. The number of hydrogen-bond donors (Lipinski definition) is 3. The Morgan fingerprint density at radius 2 is 1.66 bits per heavy atom. The quantitative estimate of drug-likeness (QED) is 0.454. The molecule has 0 aliphatic carbocycles. The third kappa shape index (κ3) is 6.20. The van der Waals surface area contributed by atoms with Crippen molar-refractivity contribution in [3.8, 4) is 0 Å². The molecule has 4 unspecified atom stereocenters. The van der Waals surface area contributed by atoms with E-state index < -0.39 is 18.1 Å². The van der Waals surface area contributed by atoms with Gasteiger partial charge >= 0.3 is 0 Å². The summed E-state index contributed by atoms with van der Waals surface area (Å²) in [5.41, 5.74) is 12.8. The highest BCUT2D eigenvalue weighted by atomic mass is 16.2. The molecule has 2 saturated heterocycles. The predicted octanol–water partition coefficient (Wildman–Crippen LogP) is 1.56. The van der Waals surface area contributed by atoms with Gasteiger partial charge in [0, 0.05) is 17.8 Å². The van der Waals surface area contributed by atoms with Gasteiger partial charge in [0.05, 0.1) is 18.6 Å². The van der Waals surface area contributed by atoms with E-state index in [0.29, 0.717) is 43.0 Å². The molecule has 4 atom stereocenters. The number of Topliss-reactive ketones (excluding diaryl/α,β-unsaturated/α-hetero) is 1. The molecular formula is C26H39N5O4. The van der Waals surface area contributed by atoms with Crippen molar-refractivity contribution in [2.45, 2.75) is 77.5 Å². The minimum atomic E-state index is -0.773. The van der Waals surface area contributed by atoms with Crippen molar-refractivity contribution in [2.75, 3.05) is 18.8 Å². The topological polar surface area (TPSA) is 139 Å². The summed E-state index contributed by atoms with van der Waals surface area (Å²) in [4.78, 5) is 55.5. The molecule has 1 aromatic carbocycles. The van der Waals surface area contributed by atoms with Gasteiger partial charge in [-0.15, -0.1) is 0 Å². The Kier molecular flexibility index (Phi) is 8.53. The highest BCUT2D eigenvalue weighted by Crippen LogP contribution is 2.31. The minimum absolute atomic E-state index is 0.0278. The van der Waals surface area contributed by atoms with Gasteiger partial charge in [0.2, 0.25) is 11.8 Å². The summed E-state index contributed by atoms with van der Waals surface area (Å²) in [6.07, 6.45) is 2.35. The molecule has 2 fully saturated rings. The number of ketones is 1. The largest absolute Gasteiger partial charge is 0.399 e. The number of nitrogens with zero attached hydrogens (tertiary/aromatic N) is 2. The molecule has 0 radical (unpaired) electrons. The van der Waals surface area contributed by atoms with Crippen LogP contribution in [-0.4, -0.2) is 70.6 Å². The molecule has 192 valence electrons. The molecule has 35 heavy (non-hydrogen) atoms. The average molecular weight is 486 g/mol. The van der Waals surface area contributed by atoms with Gasteiger partial charge in [-0.1, -0.05) is 27.7 Å². The van der Waals surface area contributed by atoms with Crippen LogP contribution in [0.4, 0.5) is 5.69 Å². The smallest absolute Gasteiger partial charge is 0.251 e. The van der Waals surface area contributed by atoms with Crippen LogP contribution in [0, 0.1) is 11.8 Å². The van der Waals surface area contributed by atoms with Crippen molar-refractivity contribution >= 4 is 29.2 Å². The number of likely N-dealkylation sites (tertiary alicyclic amines) is 2. The zero-order chi connectivity index (χ0) is 25.9. The first-order chi connectivity index (χ1) is 16.5. The van der Waals surface area contributed by atoms with Crippen LogP contribution in [0.1, 0.15) is 63.7 Å². The second kappa shape index (κ2) is 11.2. The van der Waals surface area contributed by atoms with Crippen molar-refractivity contribution in [1.29, 1.82) is 0 Å². The fourth-order valence-electron chi connectivity index (χ4n) is 4.98. The number of carbonyl (C=O) groups is 4. The van der Waals surface area contributed by atoms with Gasteiger partial charge in [-0.3, -0.25) is 19.2 Å². The molecule has 0 bridgehead atoms. The van der Waals surface area contributed by atoms with Crippen molar-refractivity contribution in [3.05, 3.63) is 29.8 Å². The fourth-order valence-corrected chi connectivity index (χ4v) is 4.98. The van der Waals surface area contributed by atoms with E-state index in [1.807, 2.05) is 13.8 Å². The SMILES string of the molecule is CC(C)CCC(N)C(=O)N1CC(=O)C2C1CCN2C(=O)C(CC(C)C)NC(=O)c1ccc(N)cc1. The molecule has 1 aromatic rings. The second-order valence-electron chi connectivity index (χ2n) is 10.6. The first-order valence-corrected chi connectivity index (χ1v) is 12.5. The van der Waals surface area contributed by atoms with E-state index >= 15 is 0 Å². The van der Waals surface area contributed by atoms with Crippen LogP contribution in [-0.2, 0) is 14.4 Å². The number of benzene rings is 1. The predicted molar refractivity (Wildman–Crippen MR) is 134 cm³/mol. The summed E-state index contributed by atoms with van der Waals surface area (Å²) in [5.74, 6) is -0.463. The van der Waals surface area contributed by atoms with E-state index in [2.05, 4.69) is 19.2 Å². The Bertz CT molecular complexity index is 946. The van der Waals surface area contributed by atoms with E-state index in [4.69, 9.17) is 11.5 Å². The van der Waals surface area contributed by atoms with Crippen molar-refractivity contribution in [1.82, 2.24) is 15.1 Å². The zero-order valence-corrected chi connectivity index (χ0v) is 21.2. The van der Waals surface area contributed by atoms with E-state index in [9.17, 15) is 19.2 Å². The summed E-state index contributed by atoms with van der Waals surface area (Å²) in [5, 5.41) is 2.85. The van der Waals surface area contributed by atoms with Crippen LogP contribution in [0.5, 0.6) is 0 Å². The van der Waals surface area contributed by atoms with Crippen LogP contribution >= 0.6 is 0 Å². The van der Waals surface area contributed by atoms with Crippen LogP contribution in [0.15, 0.2) is 24.3 Å². The first-order valence-electron chi connectivity index (χ1n) is 12.5. The molecule has 9 heteroatoms. The van der Waals surface area contributed by atoms with Gasteiger partial charge < -0.3 is 26.6 Å². The highest BCUT2D eigenvalue weighted by Gasteiger charge is 2.52. The number of nitrogens with one attached hydrogen (secondary N) is 1. The summed E-state index contributed by atoms with van der Waals surface area (Å²) < 4.78 is 0. The lowest BCUT2D eigenvalue weighted by Crippen LogP contribution is -2.53. The van der Waals surface area contributed by atoms with Gasteiger partial charge in [-0.25, -0.2) is 0 Å². The van der Waals surface area contributed by atoms with Crippen molar-refractivity contribution < 1.29 is 19.2 Å². The number of amides is 3. The summed E-state index contributed by atoms with van der Waals surface area (Å²) in [6.45, 7) is 8.43. The molecular weight excluding hydrogens is 446 g/mol. The number of rotatable bonds is 9. The molecule has 9 nitrogen and oxygen atoms in total. The van der Waals surface area contributed by atoms with Gasteiger partial charge in [-0.2, -0.15) is 0 Å². The first kappa shape index (κ1) is 26.7.